The van der Waals surface area contributed by atoms with Crippen LogP contribution in [-0.4, -0.2) is 6.26 Å². The lowest BCUT2D eigenvalue weighted by atomic mass is 10.2. The molecule has 0 saturated heterocycles. The third kappa shape index (κ3) is 4.37. The van der Waals surface area contributed by atoms with Crippen LogP contribution in [0, 0.1) is 5.82 Å². The van der Waals surface area contributed by atoms with Gasteiger partial charge in [0.05, 0.1) is 12.3 Å². The molecule has 0 spiro atoms. The van der Waals surface area contributed by atoms with Crippen molar-refractivity contribution in [3.63, 3.8) is 0 Å². The van der Waals surface area contributed by atoms with Crippen molar-refractivity contribution in [1.82, 2.24) is 5.32 Å². The second-order valence-corrected chi connectivity index (χ2v) is 5.86. The lowest BCUT2D eigenvalue weighted by Gasteiger charge is -2.06. The monoisotopic (exact) mass is 343 g/mol. The Morgan fingerprint density at radius 1 is 1.21 bits per heavy atom. The van der Waals surface area contributed by atoms with Crippen molar-refractivity contribution >= 4 is 27.7 Å². The molecule has 1 aromatic carbocycles. The molecule has 0 unspecified atom stereocenters. The van der Waals surface area contributed by atoms with Crippen molar-refractivity contribution in [2.45, 2.75) is 18.8 Å². The van der Waals surface area contributed by atoms with Gasteiger partial charge in [0.2, 0.25) is 0 Å². The fourth-order valence-electron chi connectivity index (χ4n) is 1.74. The summed E-state index contributed by atoms with van der Waals surface area (Å²) in [5.41, 5.74) is 0.899. The molecule has 2 aromatic rings. The molecular formula is C14H15BrFNOS. The maximum atomic E-state index is 13.1. The van der Waals surface area contributed by atoms with Gasteiger partial charge in [-0.3, -0.25) is 0 Å². The average Bonchev–Trinajstić information content (AvgIpc) is 2.82. The molecular weight excluding hydrogens is 329 g/mol. The highest BCUT2D eigenvalue weighted by Crippen LogP contribution is 2.18. The van der Waals surface area contributed by atoms with E-state index in [0.717, 1.165) is 27.3 Å². The van der Waals surface area contributed by atoms with Crippen LogP contribution < -0.4 is 5.32 Å². The van der Waals surface area contributed by atoms with Crippen LogP contribution in [0.3, 0.4) is 0 Å². The molecule has 0 aliphatic heterocycles. The van der Waals surface area contributed by atoms with Crippen molar-refractivity contribution < 1.29 is 8.81 Å². The molecule has 1 heterocycles. The molecule has 2 nitrogen and oxygen atoms in total. The highest BCUT2D eigenvalue weighted by molar-refractivity contribution is 9.10. The first-order valence-electron chi connectivity index (χ1n) is 5.90. The van der Waals surface area contributed by atoms with E-state index in [4.69, 9.17) is 4.42 Å². The molecule has 0 aliphatic rings. The lowest BCUT2D eigenvalue weighted by molar-refractivity contribution is 0.459. The van der Waals surface area contributed by atoms with E-state index in [2.05, 4.69) is 21.2 Å². The van der Waals surface area contributed by atoms with Gasteiger partial charge in [0.1, 0.15) is 17.3 Å². The minimum absolute atomic E-state index is 0.222. The van der Waals surface area contributed by atoms with Gasteiger partial charge < -0.3 is 9.73 Å². The smallest absolute Gasteiger partial charge is 0.123 e. The molecule has 1 aromatic heterocycles. The zero-order valence-electron chi connectivity index (χ0n) is 10.6. The molecule has 0 bridgehead atoms. The van der Waals surface area contributed by atoms with Gasteiger partial charge in [-0.2, -0.15) is 11.8 Å². The zero-order chi connectivity index (χ0) is 13.7. The van der Waals surface area contributed by atoms with Crippen LogP contribution >= 0.6 is 27.7 Å². The van der Waals surface area contributed by atoms with Crippen LogP contribution in [0.5, 0.6) is 0 Å². The van der Waals surface area contributed by atoms with Gasteiger partial charge in [-0.25, -0.2) is 4.39 Å². The predicted molar refractivity (Wildman–Crippen MR) is 80.6 cm³/mol. The largest absolute Gasteiger partial charge is 0.464 e. The normalized spacial score (nSPS) is 10.9. The van der Waals surface area contributed by atoms with Crippen molar-refractivity contribution in [3.8, 4) is 0 Å². The first-order valence-corrected chi connectivity index (χ1v) is 8.09. The molecule has 2 rings (SSSR count). The van der Waals surface area contributed by atoms with Crippen molar-refractivity contribution in [3.05, 3.63) is 57.7 Å². The number of thioether (sulfide) groups is 1. The quantitative estimate of drug-likeness (QED) is 0.844. The molecule has 1 N–H and O–H groups in total. The van der Waals surface area contributed by atoms with E-state index in [1.807, 2.05) is 18.4 Å². The summed E-state index contributed by atoms with van der Waals surface area (Å²) in [5, 5.41) is 3.24. The van der Waals surface area contributed by atoms with Gasteiger partial charge in [-0.15, -0.1) is 0 Å². The first kappa shape index (κ1) is 14.6. The number of hydrogen-bond acceptors (Lipinski definition) is 3. The number of benzene rings is 1. The van der Waals surface area contributed by atoms with Crippen LogP contribution in [0.25, 0.3) is 0 Å². The molecule has 19 heavy (non-hydrogen) atoms. The summed E-state index contributed by atoms with van der Waals surface area (Å²) in [7, 11) is 0. The average molecular weight is 344 g/mol. The van der Waals surface area contributed by atoms with E-state index in [-0.39, 0.29) is 5.82 Å². The van der Waals surface area contributed by atoms with Gasteiger partial charge in [0, 0.05) is 11.0 Å². The van der Waals surface area contributed by atoms with Gasteiger partial charge in [0.25, 0.3) is 0 Å². The number of nitrogens with one attached hydrogen (secondary N) is 1. The summed E-state index contributed by atoms with van der Waals surface area (Å²) in [6.07, 6.45) is 2.04. The highest BCUT2D eigenvalue weighted by atomic mass is 79.9. The maximum Gasteiger partial charge on any atom is 0.123 e. The Morgan fingerprint density at radius 3 is 2.79 bits per heavy atom. The van der Waals surface area contributed by atoms with E-state index < -0.39 is 0 Å². The van der Waals surface area contributed by atoms with Crippen LogP contribution in [0.2, 0.25) is 0 Å². The van der Waals surface area contributed by atoms with Crippen molar-refractivity contribution in [1.29, 1.82) is 0 Å². The van der Waals surface area contributed by atoms with Gasteiger partial charge in [-0.05, 0) is 42.2 Å². The summed E-state index contributed by atoms with van der Waals surface area (Å²) in [4.78, 5) is 0. The van der Waals surface area contributed by atoms with Crippen LogP contribution in [0.4, 0.5) is 4.39 Å². The van der Waals surface area contributed by atoms with Crippen molar-refractivity contribution in [2.75, 3.05) is 6.26 Å². The van der Waals surface area contributed by atoms with Crippen LogP contribution in [0.1, 0.15) is 17.1 Å². The fraction of sp³-hybridized carbons (Fsp3) is 0.286. The van der Waals surface area contributed by atoms with Crippen LogP contribution in [0.15, 0.2) is 39.2 Å². The Hall–Kier alpha value is -0.780. The number of furan rings is 1. The molecule has 0 radical (unpaired) electrons. The summed E-state index contributed by atoms with van der Waals surface area (Å²) in [6.45, 7) is 1.23. The predicted octanol–water partition coefficient (Wildman–Crippen LogP) is 4.33. The van der Waals surface area contributed by atoms with Gasteiger partial charge in [-0.1, -0.05) is 15.9 Å². The van der Waals surface area contributed by atoms with E-state index in [1.165, 1.54) is 12.1 Å². The van der Waals surface area contributed by atoms with Crippen LogP contribution in [-0.2, 0) is 18.8 Å². The molecule has 0 atom stereocenters. The Bertz CT molecular complexity index is 544. The van der Waals surface area contributed by atoms with E-state index >= 15 is 0 Å². The van der Waals surface area contributed by atoms with Gasteiger partial charge >= 0.3 is 0 Å². The summed E-state index contributed by atoms with van der Waals surface area (Å²) >= 11 is 5.14. The molecule has 0 aliphatic carbocycles. The molecule has 0 saturated carbocycles. The van der Waals surface area contributed by atoms with Crippen molar-refractivity contribution in [2.24, 2.45) is 0 Å². The van der Waals surface area contributed by atoms with Gasteiger partial charge in [0.15, 0.2) is 0 Å². The SMILES string of the molecule is CSCc1ccc(CNCc2cc(F)ccc2Br)o1. The first-order chi connectivity index (χ1) is 9.19. The second kappa shape index (κ2) is 7.12. The Balaban J connectivity index is 1.87. The van der Waals surface area contributed by atoms with E-state index in [9.17, 15) is 4.39 Å². The lowest BCUT2D eigenvalue weighted by Crippen LogP contribution is -2.12. The summed E-state index contributed by atoms with van der Waals surface area (Å²) in [6, 6.07) is 8.65. The Kier molecular flexibility index (Phi) is 5.48. The number of rotatable bonds is 6. The number of halogens is 2. The Labute approximate surface area is 124 Å². The fourth-order valence-corrected chi connectivity index (χ4v) is 2.56. The molecule has 0 amide bonds. The maximum absolute atomic E-state index is 13.1. The topological polar surface area (TPSA) is 25.2 Å². The molecule has 102 valence electrons. The number of hydrogen-bond donors (Lipinski definition) is 1. The third-order valence-electron chi connectivity index (χ3n) is 2.63. The molecule has 0 fully saturated rings. The highest BCUT2D eigenvalue weighted by Gasteiger charge is 2.04. The molecule has 5 heteroatoms. The second-order valence-electron chi connectivity index (χ2n) is 4.14. The minimum atomic E-state index is -0.222. The third-order valence-corrected chi connectivity index (χ3v) is 3.97. The Morgan fingerprint density at radius 2 is 2.00 bits per heavy atom. The van der Waals surface area contributed by atoms with E-state index in [0.29, 0.717) is 13.1 Å². The van der Waals surface area contributed by atoms with E-state index in [1.54, 1.807) is 17.8 Å². The standard InChI is InChI=1S/C14H15BrFNOS/c1-19-9-13-4-3-12(18-13)8-17-7-10-6-11(16)2-5-14(10)15/h2-6,17H,7-9H2,1H3. The zero-order valence-corrected chi connectivity index (χ0v) is 13.0. The minimum Gasteiger partial charge on any atom is -0.464 e. The summed E-state index contributed by atoms with van der Waals surface area (Å²) in [5.74, 6) is 2.54. The summed E-state index contributed by atoms with van der Waals surface area (Å²) < 4.78 is 19.7.